The van der Waals surface area contributed by atoms with Crippen LogP contribution in [0.25, 0.3) is 0 Å². The Hall–Kier alpha value is 0.240. The van der Waals surface area contributed by atoms with Gasteiger partial charge in [0.2, 0.25) is 0 Å². The van der Waals surface area contributed by atoms with Gasteiger partial charge in [-0.05, 0) is 12.2 Å². The molecule has 0 aliphatic carbocycles. The van der Waals surface area contributed by atoms with Crippen LogP contribution < -0.4 is 5.32 Å². The van der Waals surface area contributed by atoms with Crippen LogP contribution in [0.3, 0.4) is 0 Å². The van der Waals surface area contributed by atoms with Crippen molar-refractivity contribution < 1.29 is 0 Å². The van der Waals surface area contributed by atoms with Crippen molar-refractivity contribution in [1.82, 2.24) is 5.32 Å². The lowest BCUT2D eigenvalue weighted by Crippen LogP contribution is -2.33. The molecule has 0 aromatic carbocycles. The standard InChI is InChI=1S/C8H15NS2/c1-2-3-7-6-11-5-4-8(10)9-7/h7H,2-6H2,1H3,(H,9,10)/t7-/m0/s1. The van der Waals surface area contributed by atoms with Crippen molar-refractivity contribution in [3.63, 3.8) is 0 Å². The Morgan fingerprint density at radius 3 is 3.27 bits per heavy atom. The molecular formula is C8H15NS2. The van der Waals surface area contributed by atoms with Crippen molar-refractivity contribution >= 4 is 29.0 Å². The maximum absolute atomic E-state index is 5.16. The van der Waals surface area contributed by atoms with Gasteiger partial charge in [-0.2, -0.15) is 11.8 Å². The second-order valence-electron chi connectivity index (χ2n) is 2.88. The van der Waals surface area contributed by atoms with Crippen molar-refractivity contribution in [3.8, 4) is 0 Å². The number of hydrogen-bond acceptors (Lipinski definition) is 2. The van der Waals surface area contributed by atoms with Crippen LogP contribution in [0.5, 0.6) is 0 Å². The molecule has 1 N–H and O–H groups in total. The average molecular weight is 189 g/mol. The predicted octanol–water partition coefficient (Wildman–Crippen LogP) is 2.21. The van der Waals surface area contributed by atoms with E-state index in [4.69, 9.17) is 12.2 Å². The van der Waals surface area contributed by atoms with Crippen molar-refractivity contribution in [1.29, 1.82) is 0 Å². The summed E-state index contributed by atoms with van der Waals surface area (Å²) in [6.45, 7) is 2.22. The summed E-state index contributed by atoms with van der Waals surface area (Å²) < 4.78 is 0. The van der Waals surface area contributed by atoms with E-state index in [-0.39, 0.29) is 0 Å². The fourth-order valence-electron chi connectivity index (χ4n) is 1.24. The van der Waals surface area contributed by atoms with Gasteiger partial charge >= 0.3 is 0 Å². The molecule has 1 aliphatic rings. The monoisotopic (exact) mass is 189 g/mol. The molecular weight excluding hydrogens is 174 g/mol. The highest BCUT2D eigenvalue weighted by atomic mass is 32.2. The summed E-state index contributed by atoms with van der Waals surface area (Å²) in [6, 6.07) is 0.639. The quantitative estimate of drug-likeness (QED) is 0.669. The summed E-state index contributed by atoms with van der Waals surface area (Å²) in [5.41, 5.74) is 0. The van der Waals surface area contributed by atoms with Crippen LogP contribution in [-0.2, 0) is 0 Å². The lowest BCUT2D eigenvalue weighted by Gasteiger charge is -2.14. The SMILES string of the molecule is CCC[C@H]1CSCCC(=S)N1. The van der Waals surface area contributed by atoms with Crippen molar-refractivity contribution in [3.05, 3.63) is 0 Å². The second-order valence-corrected chi connectivity index (χ2v) is 4.52. The first-order chi connectivity index (χ1) is 5.33. The number of nitrogens with one attached hydrogen (secondary N) is 1. The molecule has 0 aromatic rings. The zero-order chi connectivity index (χ0) is 8.10. The minimum absolute atomic E-state index is 0.639. The van der Waals surface area contributed by atoms with Gasteiger partial charge in [-0.15, -0.1) is 0 Å². The fraction of sp³-hybridized carbons (Fsp3) is 0.875. The van der Waals surface area contributed by atoms with Gasteiger partial charge < -0.3 is 5.32 Å². The van der Waals surface area contributed by atoms with E-state index in [0.717, 1.165) is 11.4 Å². The Kier molecular flexibility index (Phi) is 4.23. The normalized spacial score (nSPS) is 25.9. The molecule has 1 rings (SSSR count). The third-order valence-electron chi connectivity index (χ3n) is 1.79. The summed E-state index contributed by atoms with van der Waals surface area (Å²) in [6.07, 6.45) is 3.58. The molecule has 0 unspecified atom stereocenters. The molecule has 0 amide bonds. The Morgan fingerprint density at radius 2 is 2.55 bits per heavy atom. The highest BCUT2D eigenvalue weighted by Crippen LogP contribution is 2.13. The van der Waals surface area contributed by atoms with E-state index in [0.29, 0.717) is 6.04 Å². The van der Waals surface area contributed by atoms with Gasteiger partial charge in [0.1, 0.15) is 0 Å². The van der Waals surface area contributed by atoms with E-state index >= 15 is 0 Å². The molecule has 0 radical (unpaired) electrons. The second kappa shape index (κ2) is 4.99. The molecule has 0 spiro atoms. The highest BCUT2D eigenvalue weighted by molar-refractivity contribution is 7.99. The van der Waals surface area contributed by atoms with E-state index in [9.17, 15) is 0 Å². The Labute approximate surface area is 78.3 Å². The van der Waals surface area contributed by atoms with E-state index in [1.54, 1.807) is 0 Å². The zero-order valence-corrected chi connectivity index (χ0v) is 8.56. The molecule has 1 aliphatic heterocycles. The Balaban J connectivity index is 2.33. The summed E-state index contributed by atoms with van der Waals surface area (Å²) in [5.74, 6) is 2.43. The predicted molar refractivity (Wildman–Crippen MR) is 56.4 cm³/mol. The molecule has 1 atom stereocenters. The lowest BCUT2D eigenvalue weighted by atomic mass is 10.2. The molecule has 1 heterocycles. The molecule has 3 heteroatoms. The third kappa shape index (κ3) is 3.43. The van der Waals surface area contributed by atoms with Crippen molar-refractivity contribution in [2.75, 3.05) is 11.5 Å². The maximum atomic E-state index is 5.16. The van der Waals surface area contributed by atoms with E-state index in [1.807, 2.05) is 11.8 Å². The minimum atomic E-state index is 0.639. The van der Waals surface area contributed by atoms with Crippen LogP contribution in [0.4, 0.5) is 0 Å². The highest BCUT2D eigenvalue weighted by Gasteiger charge is 2.12. The molecule has 64 valence electrons. The van der Waals surface area contributed by atoms with Gasteiger partial charge in [0.05, 0.1) is 4.99 Å². The summed E-state index contributed by atoms with van der Waals surface area (Å²) in [5, 5.41) is 3.39. The van der Waals surface area contributed by atoms with Crippen molar-refractivity contribution in [2.24, 2.45) is 0 Å². The summed E-state index contributed by atoms with van der Waals surface area (Å²) in [4.78, 5) is 1.06. The van der Waals surface area contributed by atoms with Crippen LogP contribution in [-0.4, -0.2) is 22.5 Å². The lowest BCUT2D eigenvalue weighted by molar-refractivity contribution is 0.608. The minimum Gasteiger partial charge on any atom is -0.376 e. The smallest absolute Gasteiger partial charge is 0.0764 e. The maximum Gasteiger partial charge on any atom is 0.0764 e. The first kappa shape index (κ1) is 9.33. The van der Waals surface area contributed by atoms with Crippen LogP contribution in [0.1, 0.15) is 26.2 Å². The average Bonchev–Trinajstić information content (AvgIpc) is 2.15. The number of thiocarbonyl (C=S) groups is 1. The number of hydrogen-bond donors (Lipinski definition) is 1. The number of rotatable bonds is 2. The van der Waals surface area contributed by atoms with E-state index in [2.05, 4.69) is 12.2 Å². The van der Waals surface area contributed by atoms with Crippen LogP contribution in [0.15, 0.2) is 0 Å². The molecule has 0 saturated carbocycles. The Bertz CT molecular complexity index is 136. The number of thioether (sulfide) groups is 1. The largest absolute Gasteiger partial charge is 0.376 e. The molecule has 0 aromatic heterocycles. The van der Waals surface area contributed by atoms with E-state index in [1.165, 1.54) is 24.3 Å². The Morgan fingerprint density at radius 1 is 1.73 bits per heavy atom. The zero-order valence-electron chi connectivity index (χ0n) is 6.93. The fourth-order valence-corrected chi connectivity index (χ4v) is 2.68. The van der Waals surface area contributed by atoms with Gasteiger partial charge in [-0.1, -0.05) is 25.6 Å². The van der Waals surface area contributed by atoms with Gasteiger partial charge in [0.15, 0.2) is 0 Å². The van der Waals surface area contributed by atoms with Crippen LogP contribution in [0, 0.1) is 0 Å². The molecule has 0 bridgehead atoms. The van der Waals surface area contributed by atoms with E-state index < -0.39 is 0 Å². The topological polar surface area (TPSA) is 12.0 Å². The third-order valence-corrected chi connectivity index (χ3v) is 3.25. The first-order valence-electron chi connectivity index (χ1n) is 4.20. The molecule has 1 saturated heterocycles. The molecule has 1 nitrogen and oxygen atoms in total. The van der Waals surface area contributed by atoms with Crippen LogP contribution >= 0.6 is 24.0 Å². The van der Waals surface area contributed by atoms with Gasteiger partial charge in [0, 0.05) is 18.2 Å². The van der Waals surface area contributed by atoms with Gasteiger partial charge in [0.25, 0.3) is 0 Å². The first-order valence-corrected chi connectivity index (χ1v) is 5.76. The van der Waals surface area contributed by atoms with Crippen molar-refractivity contribution in [2.45, 2.75) is 32.2 Å². The van der Waals surface area contributed by atoms with Gasteiger partial charge in [-0.25, -0.2) is 0 Å². The molecule has 11 heavy (non-hydrogen) atoms. The summed E-state index contributed by atoms with van der Waals surface area (Å²) >= 11 is 7.18. The van der Waals surface area contributed by atoms with Crippen LogP contribution in [0.2, 0.25) is 0 Å². The molecule has 1 fully saturated rings. The van der Waals surface area contributed by atoms with Gasteiger partial charge in [-0.3, -0.25) is 0 Å². The summed E-state index contributed by atoms with van der Waals surface area (Å²) in [7, 11) is 0.